The van der Waals surface area contributed by atoms with Crippen molar-refractivity contribution in [2.24, 2.45) is 29.6 Å². The normalized spacial score (nSPS) is 38.1. The van der Waals surface area contributed by atoms with Gasteiger partial charge in [0.15, 0.2) is 0 Å². The van der Waals surface area contributed by atoms with E-state index in [-0.39, 0.29) is 30.0 Å². The molecular formula is C24H49NO4. The van der Waals surface area contributed by atoms with Crippen LogP contribution in [-0.4, -0.2) is 49.1 Å². The van der Waals surface area contributed by atoms with Crippen LogP contribution in [0.1, 0.15) is 81.6 Å². The first-order chi connectivity index (χ1) is 13.7. The SMILES string of the molecule is CC.CCOC1CC(C)C(C)CC(C)CNCC(O)C(C)C(CC)OC(=O)C1C. The van der Waals surface area contributed by atoms with Crippen LogP contribution in [0.5, 0.6) is 0 Å². The highest BCUT2D eigenvalue weighted by molar-refractivity contribution is 5.73. The number of β-amino-alcohol motifs (C(OH)–C–C–N with tert-alkyl or cyclic N) is 1. The third-order valence-corrected chi connectivity index (χ3v) is 6.37. The van der Waals surface area contributed by atoms with Crippen molar-refractivity contribution in [2.45, 2.75) is 99.9 Å². The van der Waals surface area contributed by atoms with Crippen LogP contribution in [0.3, 0.4) is 0 Å². The van der Waals surface area contributed by atoms with E-state index in [2.05, 4.69) is 26.1 Å². The number of aliphatic hydroxyl groups excluding tert-OH is 1. The van der Waals surface area contributed by atoms with Gasteiger partial charge >= 0.3 is 5.97 Å². The second kappa shape index (κ2) is 15.2. The molecule has 2 N–H and O–H groups in total. The van der Waals surface area contributed by atoms with Crippen molar-refractivity contribution < 1.29 is 19.4 Å². The number of cyclic esters (lactones) is 1. The standard InChI is InChI=1S/C22H43NO4.C2H6/c1-8-20-17(6)19(24)13-23-12-14(3)10-15(4)16(5)11-21(26-9-2)18(7)22(25)27-20;1-2/h14-21,23-24H,8-13H2,1-7H3;1-2H3. The van der Waals surface area contributed by atoms with E-state index in [1.54, 1.807) is 0 Å². The molecule has 1 aliphatic rings. The second-order valence-corrected chi connectivity index (χ2v) is 8.78. The Morgan fingerprint density at radius 2 is 1.62 bits per heavy atom. The third kappa shape index (κ3) is 9.80. The Balaban J connectivity index is 0.00000379. The first-order valence-electron chi connectivity index (χ1n) is 11.9. The van der Waals surface area contributed by atoms with Gasteiger partial charge in [-0.25, -0.2) is 0 Å². The van der Waals surface area contributed by atoms with Crippen LogP contribution in [0, 0.1) is 29.6 Å². The molecule has 0 bridgehead atoms. The molecule has 5 nitrogen and oxygen atoms in total. The van der Waals surface area contributed by atoms with Crippen LogP contribution in [0.2, 0.25) is 0 Å². The number of rotatable bonds is 3. The monoisotopic (exact) mass is 415 g/mol. The number of hydrogen-bond donors (Lipinski definition) is 2. The highest BCUT2D eigenvalue weighted by Crippen LogP contribution is 2.28. The van der Waals surface area contributed by atoms with Crippen LogP contribution < -0.4 is 5.32 Å². The lowest BCUT2D eigenvalue weighted by atomic mass is 9.82. The van der Waals surface area contributed by atoms with E-state index in [9.17, 15) is 9.90 Å². The Bertz CT molecular complexity index is 431. The van der Waals surface area contributed by atoms with E-state index in [1.807, 2.05) is 41.5 Å². The molecule has 0 amide bonds. The molecule has 8 atom stereocenters. The zero-order valence-electron chi connectivity index (χ0n) is 20.5. The smallest absolute Gasteiger partial charge is 0.311 e. The van der Waals surface area contributed by atoms with Crippen molar-refractivity contribution in [3.05, 3.63) is 0 Å². The van der Waals surface area contributed by atoms with E-state index in [0.29, 0.717) is 37.3 Å². The van der Waals surface area contributed by atoms with Gasteiger partial charge in [-0.2, -0.15) is 0 Å². The zero-order chi connectivity index (χ0) is 22.6. The Hall–Kier alpha value is -0.650. The van der Waals surface area contributed by atoms with Gasteiger partial charge in [0, 0.05) is 19.1 Å². The molecule has 0 aromatic carbocycles. The van der Waals surface area contributed by atoms with E-state index in [0.717, 1.165) is 19.4 Å². The van der Waals surface area contributed by atoms with E-state index >= 15 is 0 Å². The number of hydrogen-bond acceptors (Lipinski definition) is 5. The van der Waals surface area contributed by atoms with E-state index in [1.165, 1.54) is 0 Å². The van der Waals surface area contributed by atoms with Crippen LogP contribution in [0.15, 0.2) is 0 Å². The van der Waals surface area contributed by atoms with Crippen LogP contribution in [0.25, 0.3) is 0 Å². The summed E-state index contributed by atoms with van der Waals surface area (Å²) in [5.41, 5.74) is 0. The number of carbonyl (C=O) groups is 1. The fourth-order valence-corrected chi connectivity index (χ4v) is 4.06. The Kier molecular flexibility index (Phi) is 14.9. The van der Waals surface area contributed by atoms with Crippen molar-refractivity contribution in [1.82, 2.24) is 5.32 Å². The van der Waals surface area contributed by atoms with Crippen molar-refractivity contribution in [2.75, 3.05) is 19.7 Å². The Morgan fingerprint density at radius 3 is 2.17 bits per heavy atom. The maximum absolute atomic E-state index is 12.8. The number of aliphatic hydroxyl groups is 1. The minimum atomic E-state index is -0.533. The van der Waals surface area contributed by atoms with Crippen LogP contribution in [0.4, 0.5) is 0 Å². The third-order valence-electron chi connectivity index (χ3n) is 6.37. The molecule has 1 fully saturated rings. The van der Waals surface area contributed by atoms with Crippen molar-refractivity contribution in [3.63, 3.8) is 0 Å². The summed E-state index contributed by atoms with van der Waals surface area (Å²) in [6, 6.07) is 0. The van der Waals surface area contributed by atoms with Gasteiger partial charge in [0.2, 0.25) is 0 Å². The molecular weight excluding hydrogens is 366 g/mol. The maximum atomic E-state index is 12.8. The average molecular weight is 416 g/mol. The van der Waals surface area contributed by atoms with Crippen LogP contribution >= 0.6 is 0 Å². The van der Waals surface area contributed by atoms with Gasteiger partial charge in [-0.15, -0.1) is 0 Å². The average Bonchev–Trinajstić information content (AvgIpc) is 2.70. The lowest BCUT2D eigenvalue weighted by Gasteiger charge is -2.31. The molecule has 0 radical (unpaired) electrons. The molecule has 1 aliphatic heterocycles. The molecule has 1 rings (SSSR count). The molecule has 174 valence electrons. The summed E-state index contributed by atoms with van der Waals surface area (Å²) in [5.74, 6) is 0.927. The van der Waals surface area contributed by atoms with Crippen molar-refractivity contribution in [3.8, 4) is 0 Å². The molecule has 0 aliphatic carbocycles. The summed E-state index contributed by atoms with van der Waals surface area (Å²) < 4.78 is 11.8. The Labute approximate surface area is 180 Å². The van der Waals surface area contributed by atoms with Gasteiger partial charge < -0.3 is 19.9 Å². The minimum Gasteiger partial charge on any atom is -0.462 e. The second-order valence-electron chi connectivity index (χ2n) is 8.78. The summed E-state index contributed by atoms with van der Waals surface area (Å²) in [7, 11) is 0. The van der Waals surface area contributed by atoms with Crippen LogP contribution in [-0.2, 0) is 14.3 Å². The summed E-state index contributed by atoms with van der Waals surface area (Å²) >= 11 is 0. The molecule has 1 saturated heterocycles. The van der Waals surface area contributed by atoms with Gasteiger partial charge in [0.1, 0.15) is 6.10 Å². The molecule has 0 aromatic heterocycles. The van der Waals surface area contributed by atoms with Gasteiger partial charge in [-0.1, -0.05) is 48.5 Å². The van der Waals surface area contributed by atoms with Gasteiger partial charge in [0.25, 0.3) is 0 Å². The zero-order valence-corrected chi connectivity index (χ0v) is 20.5. The predicted octanol–water partition coefficient (Wildman–Crippen LogP) is 4.66. The first-order valence-corrected chi connectivity index (χ1v) is 11.9. The summed E-state index contributed by atoms with van der Waals surface area (Å²) in [5, 5.41) is 13.9. The fraction of sp³-hybridized carbons (Fsp3) is 0.958. The lowest BCUT2D eigenvalue weighted by molar-refractivity contribution is -0.164. The summed E-state index contributed by atoms with van der Waals surface area (Å²) in [6.07, 6.45) is 1.73. The molecule has 0 spiro atoms. The minimum absolute atomic E-state index is 0.109. The molecule has 29 heavy (non-hydrogen) atoms. The van der Waals surface area contributed by atoms with Gasteiger partial charge in [0.05, 0.1) is 18.1 Å². The number of ether oxygens (including phenoxy) is 2. The quantitative estimate of drug-likeness (QED) is 0.656. The molecule has 8 unspecified atom stereocenters. The molecule has 5 heteroatoms. The molecule has 1 heterocycles. The molecule has 0 aromatic rings. The van der Waals surface area contributed by atoms with Gasteiger partial charge in [-0.3, -0.25) is 4.79 Å². The van der Waals surface area contributed by atoms with Crippen molar-refractivity contribution in [1.29, 1.82) is 0 Å². The Morgan fingerprint density at radius 1 is 1.03 bits per heavy atom. The lowest BCUT2D eigenvalue weighted by Crippen LogP contribution is -2.41. The fourth-order valence-electron chi connectivity index (χ4n) is 4.06. The maximum Gasteiger partial charge on any atom is 0.311 e. The largest absolute Gasteiger partial charge is 0.462 e. The predicted molar refractivity (Wildman–Crippen MR) is 121 cm³/mol. The number of carbonyl (C=O) groups excluding carboxylic acids is 1. The molecule has 0 saturated carbocycles. The highest BCUT2D eigenvalue weighted by atomic mass is 16.5. The summed E-state index contributed by atoms with van der Waals surface area (Å²) in [6.45, 7) is 20.7. The number of nitrogens with one attached hydrogen (secondary N) is 1. The van der Waals surface area contributed by atoms with E-state index < -0.39 is 6.10 Å². The van der Waals surface area contributed by atoms with Gasteiger partial charge in [-0.05, 0) is 57.4 Å². The van der Waals surface area contributed by atoms with Crippen molar-refractivity contribution >= 4 is 5.97 Å². The number of esters is 1. The summed E-state index contributed by atoms with van der Waals surface area (Å²) in [4.78, 5) is 12.8. The first kappa shape index (κ1) is 28.4. The van der Waals surface area contributed by atoms with E-state index in [4.69, 9.17) is 9.47 Å². The highest BCUT2D eigenvalue weighted by Gasteiger charge is 2.33. The topological polar surface area (TPSA) is 67.8 Å².